The van der Waals surface area contributed by atoms with Crippen LogP contribution in [0.2, 0.25) is 0 Å². The van der Waals surface area contributed by atoms with E-state index in [-0.39, 0.29) is 5.97 Å². The van der Waals surface area contributed by atoms with Crippen molar-refractivity contribution in [2.75, 3.05) is 7.11 Å². The van der Waals surface area contributed by atoms with Crippen molar-refractivity contribution >= 4 is 48.7 Å². The second-order valence-electron chi connectivity index (χ2n) is 3.01. The molecule has 0 aliphatic carbocycles. The predicted molar refractivity (Wildman–Crippen MR) is 65.0 cm³/mol. The minimum Gasteiger partial charge on any atom is -0.465 e. The Morgan fingerprint density at radius 1 is 1.33 bits per heavy atom. The molecule has 0 radical (unpaired) electrons. The third-order valence-corrected chi connectivity index (χ3v) is 3.97. The molecule has 0 atom stereocenters. The number of methoxy groups -OCH3 is 1. The van der Waals surface area contributed by atoms with Gasteiger partial charge in [0.05, 0.1) is 12.7 Å². The summed E-state index contributed by atoms with van der Waals surface area (Å²) in [5, 5.41) is 0.844. The first-order valence-electron chi connectivity index (χ1n) is 4.18. The smallest absolute Gasteiger partial charge is 0.340 e. The summed E-state index contributed by atoms with van der Waals surface area (Å²) in [6.07, 6.45) is 1.65. The fraction of sp³-hybridized carbons (Fsp3) is 0.100. The van der Waals surface area contributed by atoms with Gasteiger partial charge in [0.2, 0.25) is 0 Å². The van der Waals surface area contributed by atoms with Gasteiger partial charge in [-0.05, 0) is 44.0 Å². The summed E-state index contributed by atoms with van der Waals surface area (Å²) in [4.78, 5) is 14.4. The van der Waals surface area contributed by atoms with Crippen molar-refractivity contribution < 1.29 is 9.53 Å². The van der Waals surface area contributed by atoms with Crippen LogP contribution in [0.25, 0.3) is 10.9 Å². The molecule has 15 heavy (non-hydrogen) atoms. The highest BCUT2D eigenvalue weighted by atomic mass is 79.9. The second kappa shape index (κ2) is 3.98. The molecule has 0 aliphatic heterocycles. The zero-order chi connectivity index (χ0) is 11.0. The number of benzene rings is 1. The number of hydrogen-bond acceptors (Lipinski definition) is 2. The summed E-state index contributed by atoms with van der Waals surface area (Å²) < 4.78 is 6.53. The van der Waals surface area contributed by atoms with Crippen LogP contribution in [0.1, 0.15) is 10.4 Å². The maximum atomic E-state index is 11.4. The van der Waals surface area contributed by atoms with Crippen molar-refractivity contribution in [1.82, 2.24) is 4.98 Å². The quantitative estimate of drug-likeness (QED) is 0.812. The molecule has 2 rings (SSSR count). The number of ether oxygens (including phenoxy) is 1. The molecule has 0 amide bonds. The molecule has 1 aromatic carbocycles. The topological polar surface area (TPSA) is 42.1 Å². The number of aromatic amines is 1. The summed E-state index contributed by atoms with van der Waals surface area (Å²) in [7, 11) is 1.37. The van der Waals surface area contributed by atoms with Crippen molar-refractivity contribution in [3.8, 4) is 0 Å². The van der Waals surface area contributed by atoms with Crippen LogP contribution < -0.4 is 0 Å². The second-order valence-corrected chi connectivity index (χ2v) is 4.71. The van der Waals surface area contributed by atoms with Crippen LogP contribution in [0.15, 0.2) is 27.3 Å². The molecule has 0 spiro atoms. The molecule has 1 N–H and O–H groups in total. The van der Waals surface area contributed by atoms with E-state index >= 15 is 0 Å². The van der Waals surface area contributed by atoms with Crippen LogP contribution in [0.5, 0.6) is 0 Å². The highest BCUT2D eigenvalue weighted by molar-refractivity contribution is 9.13. The first kappa shape index (κ1) is 10.7. The van der Waals surface area contributed by atoms with Gasteiger partial charge >= 0.3 is 5.97 Å². The number of nitrogens with one attached hydrogen (secondary N) is 1. The van der Waals surface area contributed by atoms with Crippen LogP contribution in [0.3, 0.4) is 0 Å². The summed E-state index contributed by atoms with van der Waals surface area (Å²) in [5.41, 5.74) is 1.44. The lowest BCUT2D eigenvalue weighted by Crippen LogP contribution is -1.99. The van der Waals surface area contributed by atoms with Gasteiger partial charge in [0.15, 0.2) is 0 Å². The number of hydrogen-bond donors (Lipinski definition) is 1. The molecule has 0 saturated heterocycles. The van der Waals surface area contributed by atoms with Gasteiger partial charge in [-0.25, -0.2) is 4.79 Å². The molecule has 3 nitrogen and oxygen atoms in total. The van der Waals surface area contributed by atoms with Gasteiger partial charge in [-0.3, -0.25) is 0 Å². The number of esters is 1. The Bertz CT molecular complexity index is 533. The summed E-state index contributed by atoms with van der Waals surface area (Å²) in [5.74, 6) is -0.338. The molecule has 0 aliphatic rings. The van der Waals surface area contributed by atoms with E-state index in [2.05, 4.69) is 41.6 Å². The molecule has 0 saturated carbocycles. The van der Waals surface area contributed by atoms with Crippen LogP contribution in [0.4, 0.5) is 0 Å². The average molecular weight is 333 g/mol. The number of rotatable bonds is 1. The lowest BCUT2D eigenvalue weighted by Gasteiger charge is -1.99. The van der Waals surface area contributed by atoms with Gasteiger partial charge in [0.25, 0.3) is 0 Å². The normalized spacial score (nSPS) is 10.6. The SMILES string of the molecule is COC(=O)c1c[nH]c2cc(Br)c(Br)cc12. The van der Waals surface area contributed by atoms with Gasteiger partial charge in [-0.2, -0.15) is 0 Å². The van der Waals surface area contributed by atoms with Gasteiger partial charge in [-0.1, -0.05) is 0 Å². The first-order chi connectivity index (χ1) is 7.13. The van der Waals surface area contributed by atoms with Crippen LogP contribution >= 0.6 is 31.9 Å². The average Bonchev–Trinajstić information content (AvgIpc) is 2.61. The lowest BCUT2D eigenvalue weighted by atomic mass is 10.2. The number of carbonyl (C=O) groups excluding carboxylic acids is 1. The third-order valence-electron chi connectivity index (χ3n) is 2.13. The molecule has 78 valence electrons. The molecular formula is C10H7Br2NO2. The van der Waals surface area contributed by atoms with Crippen molar-refractivity contribution in [2.45, 2.75) is 0 Å². The number of carbonyl (C=O) groups is 1. The Hall–Kier alpha value is -0.810. The van der Waals surface area contributed by atoms with Gasteiger partial charge in [-0.15, -0.1) is 0 Å². The lowest BCUT2D eigenvalue weighted by molar-refractivity contribution is 0.0603. The fourth-order valence-corrected chi connectivity index (χ4v) is 2.08. The maximum absolute atomic E-state index is 11.4. The van der Waals surface area contributed by atoms with E-state index in [9.17, 15) is 4.79 Å². The van der Waals surface area contributed by atoms with E-state index in [0.29, 0.717) is 5.56 Å². The Kier molecular flexibility index (Phi) is 2.84. The van der Waals surface area contributed by atoms with Gasteiger partial charge < -0.3 is 9.72 Å². The van der Waals surface area contributed by atoms with E-state index in [1.165, 1.54) is 7.11 Å². The number of halogens is 2. The maximum Gasteiger partial charge on any atom is 0.340 e. The monoisotopic (exact) mass is 331 g/mol. The van der Waals surface area contributed by atoms with Crippen molar-refractivity contribution in [2.24, 2.45) is 0 Å². The van der Waals surface area contributed by atoms with Gasteiger partial charge in [0, 0.05) is 26.0 Å². The van der Waals surface area contributed by atoms with E-state index in [4.69, 9.17) is 0 Å². The number of aromatic nitrogens is 1. The molecule has 0 fully saturated rings. The van der Waals surface area contributed by atoms with Crippen LogP contribution in [0, 0.1) is 0 Å². The minimum atomic E-state index is -0.338. The molecule has 1 heterocycles. The van der Waals surface area contributed by atoms with E-state index < -0.39 is 0 Å². The first-order valence-corrected chi connectivity index (χ1v) is 5.76. The van der Waals surface area contributed by atoms with Crippen molar-refractivity contribution in [3.63, 3.8) is 0 Å². The zero-order valence-corrected chi connectivity index (χ0v) is 11.0. The third kappa shape index (κ3) is 1.81. The minimum absolute atomic E-state index is 0.338. The summed E-state index contributed by atoms with van der Waals surface area (Å²) in [6.45, 7) is 0. The summed E-state index contributed by atoms with van der Waals surface area (Å²) >= 11 is 6.79. The molecule has 2 aromatic rings. The van der Waals surface area contributed by atoms with Crippen LogP contribution in [-0.2, 0) is 4.74 Å². The Balaban J connectivity index is 2.69. The molecule has 0 bridgehead atoms. The molecule has 1 aromatic heterocycles. The highest BCUT2D eigenvalue weighted by Gasteiger charge is 2.13. The van der Waals surface area contributed by atoms with Gasteiger partial charge in [0.1, 0.15) is 0 Å². The molecule has 0 unspecified atom stereocenters. The standard InChI is InChI=1S/C10H7Br2NO2/c1-15-10(14)6-4-13-9-3-8(12)7(11)2-5(6)9/h2-4,13H,1H3. The number of H-pyrrole nitrogens is 1. The van der Waals surface area contributed by atoms with Crippen molar-refractivity contribution in [1.29, 1.82) is 0 Å². The summed E-state index contributed by atoms with van der Waals surface area (Å²) in [6, 6.07) is 3.79. The van der Waals surface area contributed by atoms with Crippen LogP contribution in [-0.4, -0.2) is 18.1 Å². The number of fused-ring (bicyclic) bond motifs is 1. The largest absolute Gasteiger partial charge is 0.465 e. The highest BCUT2D eigenvalue weighted by Crippen LogP contribution is 2.30. The van der Waals surface area contributed by atoms with E-state index in [0.717, 1.165) is 19.8 Å². The molecular weight excluding hydrogens is 326 g/mol. The molecule has 5 heteroatoms. The Morgan fingerprint density at radius 2 is 2.00 bits per heavy atom. The predicted octanol–water partition coefficient (Wildman–Crippen LogP) is 3.48. The Morgan fingerprint density at radius 3 is 2.67 bits per heavy atom. The zero-order valence-electron chi connectivity index (χ0n) is 7.80. The van der Waals surface area contributed by atoms with E-state index in [1.807, 2.05) is 12.1 Å². The Labute approximate surface area is 103 Å². The van der Waals surface area contributed by atoms with Crippen molar-refractivity contribution in [3.05, 3.63) is 32.8 Å². The fourth-order valence-electron chi connectivity index (χ4n) is 1.40. The van der Waals surface area contributed by atoms with E-state index in [1.54, 1.807) is 6.20 Å².